The van der Waals surface area contributed by atoms with E-state index in [1.54, 1.807) is 25.1 Å². The Morgan fingerprint density at radius 1 is 1.27 bits per heavy atom. The molecule has 2 aromatic rings. The molecule has 4 nitrogen and oxygen atoms in total. The Balaban J connectivity index is 2.09. The molecule has 0 amide bonds. The zero-order chi connectivity index (χ0) is 16.2. The summed E-state index contributed by atoms with van der Waals surface area (Å²) in [5.41, 5.74) is 1.23. The van der Waals surface area contributed by atoms with E-state index in [1.807, 2.05) is 0 Å². The lowest BCUT2D eigenvalue weighted by molar-refractivity contribution is 0.582. The second kappa shape index (κ2) is 7.17. The van der Waals surface area contributed by atoms with Crippen LogP contribution in [-0.2, 0) is 22.9 Å². The van der Waals surface area contributed by atoms with Crippen LogP contribution in [0.4, 0.5) is 4.39 Å². The fourth-order valence-electron chi connectivity index (χ4n) is 1.96. The first-order valence-electron chi connectivity index (χ1n) is 6.73. The van der Waals surface area contributed by atoms with Crippen LogP contribution in [0.5, 0.6) is 0 Å². The Morgan fingerprint density at radius 2 is 2.05 bits per heavy atom. The van der Waals surface area contributed by atoms with Crippen molar-refractivity contribution in [2.24, 2.45) is 0 Å². The molecule has 0 atom stereocenters. The smallest absolute Gasteiger partial charge is 0.178 e. The number of halogens is 2. The average molecular weight is 343 g/mol. The summed E-state index contributed by atoms with van der Waals surface area (Å²) in [6.07, 6.45) is 2.67. The number of nitrogens with one attached hydrogen (secondary N) is 1. The molecule has 0 fully saturated rings. The summed E-state index contributed by atoms with van der Waals surface area (Å²) in [5.74, 6) is -0.363. The highest BCUT2D eigenvalue weighted by Gasteiger charge is 2.13. The third kappa shape index (κ3) is 4.25. The van der Waals surface area contributed by atoms with E-state index in [9.17, 15) is 12.8 Å². The number of sulfone groups is 1. The molecular weight excluding hydrogens is 327 g/mol. The number of aromatic nitrogens is 1. The zero-order valence-corrected chi connectivity index (χ0v) is 13.6. The van der Waals surface area contributed by atoms with Crippen molar-refractivity contribution >= 4 is 21.4 Å². The SMILES string of the molecule is CCS(=O)(=O)c1cc(Cl)cc(CNCc2ccncc2F)c1. The highest BCUT2D eigenvalue weighted by molar-refractivity contribution is 7.91. The Morgan fingerprint density at radius 3 is 2.73 bits per heavy atom. The number of rotatable bonds is 6. The minimum Gasteiger partial charge on any atom is -0.309 e. The molecule has 118 valence electrons. The first kappa shape index (κ1) is 16.9. The van der Waals surface area contributed by atoms with Gasteiger partial charge in [0.15, 0.2) is 9.84 Å². The van der Waals surface area contributed by atoms with Gasteiger partial charge in [-0.25, -0.2) is 12.8 Å². The fourth-order valence-corrected chi connectivity index (χ4v) is 3.25. The molecule has 0 aliphatic heterocycles. The first-order valence-corrected chi connectivity index (χ1v) is 8.76. The van der Waals surface area contributed by atoms with E-state index in [-0.39, 0.29) is 16.5 Å². The minimum atomic E-state index is -3.31. The standard InChI is InChI=1S/C15H16ClFN2O2S/c1-2-22(20,21)14-6-11(5-13(16)7-14)8-19-9-12-3-4-18-10-15(12)17/h3-7,10,19H,2,8-9H2,1H3. The second-order valence-electron chi connectivity index (χ2n) is 4.77. The Kier molecular flexibility index (Phi) is 5.50. The monoisotopic (exact) mass is 342 g/mol. The van der Waals surface area contributed by atoms with Gasteiger partial charge < -0.3 is 5.32 Å². The molecular formula is C15H16ClFN2O2S. The molecule has 0 bridgehead atoms. The highest BCUT2D eigenvalue weighted by Crippen LogP contribution is 2.20. The van der Waals surface area contributed by atoms with Crippen molar-refractivity contribution in [3.63, 3.8) is 0 Å². The lowest BCUT2D eigenvalue weighted by atomic mass is 10.2. The van der Waals surface area contributed by atoms with E-state index in [1.165, 1.54) is 12.3 Å². The van der Waals surface area contributed by atoms with Gasteiger partial charge in [-0.1, -0.05) is 18.5 Å². The first-order chi connectivity index (χ1) is 10.4. The van der Waals surface area contributed by atoms with Gasteiger partial charge in [-0.05, 0) is 29.8 Å². The molecule has 1 aromatic carbocycles. The molecule has 0 unspecified atom stereocenters. The number of pyridine rings is 1. The van der Waals surface area contributed by atoms with E-state index < -0.39 is 9.84 Å². The van der Waals surface area contributed by atoms with E-state index in [0.29, 0.717) is 23.7 Å². The van der Waals surface area contributed by atoms with E-state index in [0.717, 1.165) is 11.8 Å². The van der Waals surface area contributed by atoms with Crippen LogP contribution in [0.1, 0.15) is 18.1 Å². The lowest BCUT2D eigenvalue weighted by Crippen LogP contribution is -2.14. The van der Waals surface area contributed by atoms with Gasteiger partial charge in [0.05, 0.1) is 16.8 Å². The molecule has 1 N–H and O–H groups in total. The molecule has 0 aliphatic rings. The van der Waals surface area contributed by atoms with Gasteiger partial charge in [0, 0.05) is 29.9 Å². The third-order valence-corrected chi connectivity index (χ3v) is 5.10. The molecule has 1 aromatic heterocycles. The van der Waals surface area contributed by atoms with Gasteiger partial charge in [-0.2, -0.15) is 0 Å². The lowest BCUT2D eigenvalue weighted by Gasteiger charge is -2.09. The van der Waals surface area contributed by atoms with Gasteiger partial charge in [0.2, 0.25) is 0 Å². The highest BCUT2D eigenvalue weighted by atomic mass is 35.5. The number of hydrogen-bond acceptors (Lipinski definition) is 4. The summed E-state index contributed by atoms with van der Waals surface area (Å²) in [6.45, 7) is 2.28. The second-order valence-corrected chi connectivity index (χ2v) is 7.48. The molecule has 1 heterocycles. The van der Waals surface area contributed by atoms with Crippen LogP contribution in [0.2, 0.25) is 5.02 Å². The molecule has 0 aliphatic carbocycles. The van der Waals surface area contributed by atoms with Crippen molar-refractivity contribution in [2.45, 2.75) is 24.9 Å². The van der Waals surface area contributed by atoms with Crippen LogP contribution < -0.4 is 5.32 Å². The van der Waals surface area contributed by atoms with Gasteiger partial charge in [-0.3, -0.25) is 4.98 Å². The van der Waals surface area contributed by atoms with Gasteiger partial charge in [0.25, 0.3) is 0 Å². The van der Waals surface area contributed by atoms with Crippen molar-refractivity contribution in [1.82, 2.24) is 10.3 Å². The number of hydrogen-bond donors (Lipinski definition) is 1. The summed E-state index contributed by atoms with van der Waals surface area (Å²) in [7, 11) is -3.31. The summed E-state index contributed by atoms with van der Waals surface area (Å²) in [4.78, 5) is 3.89. The zero-order valence-electron chi connectivity index (χ0n) is 12.0. The van der Waals surface area contributed by atoms with E-state index in [2.05, 4.69) is 10.3 Å². The van der Waals surface area contributed by atoms with Crippen LogP contribution >= 0.6 is 11.6 Å². The van der Waals surface area contributed by atoms with E-state index >= 15 is 0 Å². The van der Waals surface area contributed by atoms with Crippen molar-refractivity contribution < 1.29 is 12.8 Å². The largest absolute Gasteiger partial charge is 0.309 e. The van der Waals surface area contributed by atoms with Crippen molar-refractivity contribution in [3.8, 4) is 0 Å². The maximum Gasteiger partial charge on any atom is 0.178 e. The predicted molar refractivity (Wildman–Crippen MR) is 83.9 cm³/mol. The molecule has 0 spiro atoms. The summed E-state index contributed by atoms with van der Waals surface area (Å²) < 4.78 is 37.3. The number of benzene rings is 1. The maximum absolute atomic E-state index is 13.4. The van der Waals surface area contributed by atoms with Crippen LogP contribution in [0, 0.1) is 5.82 Å². The van der Waals surface area contributed by atoms with Gasteiger partial charge in [-0.15, -0.1) is 0 Å². The quantitative estimate of drug-likeness (QED) is 0.876. The van der Waals surface area contributed by atoms with Crippen LogP contribution in [0.25, 0.3) is 0 Å². The van der Waals surface area contributed by atoms with Crippen LogP contribution in [0.3, 0.4) is 0 Å². The van der Waals surface area contributed by atoms with Crippen LogP contribution in [0.15, 0.2) is 41.6 Å². The maximum atomic E-state index is 13.4. The average Bonchev–Trinajstić information content (AvgIpc) is 2.49. The van der Waals surface area contributed by atoms with E-state index in [4.69, 9.17) is 11.6 Å². The van der Waals surface area contributed by atoms with Gasteiger partial charge >= 0.3 is 0 Å². The summed E-state index contributed by atoms with van der Waals surface area (Å²) in [5, 5.41) is 3.42. The molecule has 0 saturated heterocycles. The van der Waals surface area contributed by atoms with Crippen LogP contribution in [-0.4, -0.2) is 19.2 Å². The van der Waals surface area contributed by atoms with Crippen molar-refractivity contribution in [1.29, 1.82) is 0 Å². The predicted octanol–water partition coefficient (Wildman–Crippen LogP) is 2.96. The normalized spacial score (nSPS) is 11.6. The Bertz CT molecular complexity index is 766. The Labute approximate surface area is 134 Å². The fraction of sp³-hybridized carbons (Fsp3) is 0.267. The molecule has 0 saturated carbocycles. The molecule has 22 heavy (non-hydrogen) atoms. The molecule has 0 radical (unpaired) electrons. The molecule has 2 rings (SSSR count). The minimum absolute atomic E-state index is 0.0163. The van der Waals surface area contributed by atoms with Crippen molar-refractivity contribution in [2.75, 3.05) is 5.75 Å². The molecule has 7 heteroatoms. The Hall–Kier alpha value is -1.50. The van der Waals surface area contributed by atoms with Gasteiger partial charge in [0.1, 0.15) is 5.82 Å². The summed E-state index contributed by atoms with van der Waals surface area (Å²) >= 11 is 5.97. The third-order valence-electron chi connectivity index (χ3n) is 3.17. The topological polar surface area (TPSA) is 59.1 Å². The number of nitrogens with zero attached hydrogens (tertiary/aromatic N) is 1. The summed E-state index contributed by atoms with van der Waals surface area (Å²) in [6, 6.07) is 6.30. The van der Waals surface area contributed by atoms with Crippen molar-refractivity contribution in [3.05, 3.63) is 58.6 Å².